The van der Waals surface area contributed by atoms with E-state index in [-0.39, 0.29) is 0 Å². The number of rotatable bonds is 7. The minimum absolute atomic E-state index is 0.391. The van der Waals surface area contributed by atoms with Gasteiger partial charge in [-0.3, -0.25) is 4.98 Å². The van der Waals surface area contributed by atoms with Crippen molar-refractivity contribution in [1.29, 1.82) is 0 Å². The monoisotopic (exact) mass is 401 g/mol. The highest BCUT2D eigenvalue weighted by Crippen LogP contribution is 2.31. The molecule has 0 amide bonds. The third kappa shape index (κ3) is 4.49. The normalized spacial score (nSPS) is 10.8. The maximum atomic E-state index is 5.97. The van der Waals surface area contributed by atoms with Gasteiger partial charge in [0.25, 0.3) is 0 Å². The summed E-state index contributed by atoms with van der Waals surface area (Å²) in [4.78, 5) is 13.7. The van der Waals surface area contributed by atoms with Crippen molar-refractivity contribution in [2.24, 2.45) is 0 Å². The molecule has 6 heteroatoms. The second-order valence-corrected chi connectivity index (χ2v) is 6.90. The van der Waals surface area contributed by atoms with Crippen LogP contribution in [0.1, 0.15) is 11.4 Å². The molecule has 0 aliphatic carbocycles. The first kappa shape index (κ1) is 19.6. The molecule has 0 spiro atoms. The van der Waals surface area contributed by atoms with E-state index in [1.165, 1.54) is 0 Å². The molecule has 0 atom stereocenters. The fourth-order valence-electron chi connectivity index (χ4n) is 3.25. The number of para-hydroxylation sites is 1. The molecule has 4 aromatic rings. The topological polar surface area (TPSA) is 66.4 Å². The molecule has 2 heterocycles. The zero-order valence-corrected chi connectivity index (χ0v) is 17.3. The van der Waals surface area contributed by atoms with Crippen LogP contribution in [0.5, 0.6) is 17.2 Å². The molecule has 0 unspecified atom stereocenters. The zero-order valence-electron chi connectivity index (χ0n) is 17.3. The van der Waals surface area contributed by atoms with Crippen molar-refractivity contribution in [1.82, 2.24) is 15.0 Å². The van der Waals surface area contributed by atoms with Gasteiger partial charge >= 0.3 is 0 Å². The Morgan fingerprint density at radius 2 is 1.53 bits per heavy atom. The third-order valence-electron chi connectivity index (χ3n) is 4.56. The summed E-state index contributed by atoms with van der Waals surface area (Å²) in [6.07, 6.45) is 1.79. The number of aromatic nitrogens is 3. The molecule has 0 aliphatic heterocycles. The molecule has 4 rings (SSSR count). The van der Waals surface area contributed by atoms with Crippen molar-refractivity contribution in [2.75, 3.05) is 20.3 Å². The minimum atomic E-state index is 0.391. The molecule has 0 saturated carbocycles. The summed E-state index contributed by atoms with van der Waals surface area (Å²) in [7, 11) is 1.63. The number of nitrogens with zero attached hydrogens (tertiary/aromatic N) is 3. The van der Waals surface area contributed by atoms with E-state index in [1.54, 1.807) is 13.3 Å². The van der Waals surface area contributed by atoms with Crippen molar-refractivity contribution in [2.45, 2.75) is 13.8 Å². The fourth-order valence-corrected chi connectivity index (χ4v) is 3.25. The lowest BCUT2D eigenvalue weighted by molar-refractivity contribution is 0.218. The summed E-state index contributed by atoms with van der Waals surface area (Å²) in [6, 6.07) is 17.3. The molecule has 0 N–H and O–H groups in total. The molecular weight excluding hydrogens is 378 g/mol. The zero-order chi connectivity index (χ0) is 20.9. The van der Waals surface area contributed by atoms with E-state index in [0.717, 1.165) is 33.6 Å². The van der Waals surface area contributed by atoms with Crippen molar-refractivity contribution < 1.29 is 14.2 Å². The predicted octanol–water partition coefficient (Wildman–Crippen LogP) is 4.78. The van der Waals surface area contributed by atoms with Gasteiger partial charge in [-0.05, 0) is 38.1 Å². The van der Waals surface area contributed by atoms with Crippen molar-refractivity contribution in [3.8, 4) is 28.6 Å². The Labute approximate surface area is 175 Å². The second-order valence-electron chi connectivity index (χ2n) is 6.90. The first-order chi connectivity index (χ1) is 14.6. The second kappa shape index (κ2) is 8.78. The van der Waals surface area contributed by atoms with Gasteiger partial charge in [0, 0.05) is 35.3 Å². The number of ether oxygens (including phenoxy) is 3. The Balaban J connectivity index is 1.58. The highest BCUT2D eigenvalue weighted by molar-refractivity contribution is 5.87. The first-order valence-electron chi connectivity index (χ1n) is 9.73. The van der Waals surface area contributed by atoms with Gasteiger partial charge in [-0.1, -0.05) is 18.2 Å². The molecule has 30 heavy (non-hydrogen) atoms. The quantitative estimate of drug-likeness (QED) is 0.416. The van der Waals surface area contributed by atoms with Crippen LogP contribution in [0.4, 0.5) is 0 Å². The van der Waals surface area contributed by atoms with Gasteiger partial charge in [-0.15, -0.1) is 0 Å². The summed E-state index contributed by atoms with van der Waals surface area (Å²) < 4.78 is 17.1. The van der Waals surface area contributed by atoms with E-state index in [2.05, 4.69) is 9.97 Å². The summed E-state index contributed by atoms with van der Waals surface area (Å²) in [5, 5.41) is 0.821. The third-order valence-corrected chi connectivity index (χ3v) is 4.56. The Bertz CT molecular complexity index is 1140. The Kier molecular flexibility index (Phi) is 5.75. The molecule has 2 aromatic heterocycles. The number of benzene rings is 2. The van der Waals surface area contributed by atoms with Crippen molar-refractivity contribution in [3.63, 3.8) is 0 Å². The van der Waals surface area contributed by atoms with Crippen LogP contribution >= 0.6 is 0 Å². The number of hydrogen-bond donors (Lipinski definition) is 0. The van der Waals surface area contributed by atoms with Gasteiger partial charge in [0.05, 0.1) is 18.0 Å². The number of pyridine rings is 1. The molecular formula is C24H23N3O3. The van der Waals surface area contributed by atoms with Gasteiger partial charge < -0.3 is 14.2 Å². The molecule has 2 aromatic carbocycles. The standard InChI is InChI=1S/C24H23N3O3/c1-16-11-18(12-17(2)26-16)24-25-15-21-22(27-24)13-20(28-3)14-23(21)30-10-9-29-19-7-5-4-6-8-19/h4-8,11-15H,9-10H2,1-3H3. The Morgan fingerprint density at radius 3 is 2.27 bits per heavy atom. The molecule has 0 aliphatic rings. The lowest BCUT2D eigenvalue weighted by Gasteiger charge is -2.12. The van der Waals surface area contributed by atoms with Gasteiger partial charge in [-0.25, -0.2) is 9.97 Å². The van der Waals surface area contributed by atoms with E-state index in [9.17, 15) is 0 Å². The Hall–Kier alpha value is -3.67. The van der Waals surface area contributed by atoms with Crippen LogP contribution in [0.3, 0.4) is 0 Å². The average molecular weight is 401 g/mol. The van der Waals surface area contributed by atoms with Gasteiger partial charge in [0.15, 0.2) is 5.82 Å². The molecule has 0 saturated heterocycles. The highest BCUT2D eigenvalue weighted by Gasteiger charge is 2.11. The number of fused-ring (bicyclic) bond motifs is 1. The Morgan fingerprint density at radius 1 is 0.800 bits per heavy atom. The number of methoxy groups -OCH3 is 1. The van der Waals surface area contributed by atoms with Crippen LogP contribution in [0.25, 0.3) is 22.3 Å². The van der Waals surface area contributed by atoms with Gasteiger partial charge in [0.2, 0.25) is 0 Å². The largest absolute Gasteiger partial charge is 0.497 e. The smallest absolute Gasteiger partial charge is 0.159 e. The maximum absolute atomic E-state index is 5.97. The van der Waals surface area contributed by atoms with Crippen LogP contribution in [0.2, 0.25) is 0 Å². The number of hydrogen-bond acceptors (Lipinski definition) is 6. The summed E-state index contributed by atoms with van der Waals surface area (Å²) in [5.74, 6) is 2.79. The fraction of sp³-hybridized carbons (Fsp3) is 0.208. The van der Waals surface area contributed by atoms with Gasteiger partial charge in [-0.2, -0.15) is 0 Å². The molecule has 0 bridgehead atoms. The lowest BCUT2D eigenvalue weighted by Crippen LogP contribution is -2.09. The van der Waals surface area contributed by atoms with Crippen LogP contribution in [-0.2, 0) is 0 Å². The van der Waals surface area contributed by atoms with Crippen molar-refractivity contribution in [3.05, 3.63) is 72.2 Å². The summed E-state index contributed by atoms with van der Waals surface area (Å²) in [5.41, 5.74) is 3.55. The average Bonchev–Trinajstić information content (AvgIpc) is 2.76. The van der Waals surface area contributed by atoms with E-state index < -0.39 is 0 Å². The molecule has 152 valence electrons. The molecule has 0 radical (unpaired) electrons. The predicted molar refractivity (Wildman–Crippen MR) is 116 cm³/mol. The highest BCUT2D eigenvalue weighted by atomic mass is 16.5. The van der Waals surface area contributed by atoms with Gasteiger partial charge in [0.1, 0.15) is 30.5 Å². The molecule has 6 nitrogen and oxygen atoms in total. The summed E-state index contributed by atoms with van der Waals surface area (Å²) >= 11 is 0. The van der Waals surface area contributed by atoms with E-state index in [0.29, 0.717) is 30.5 Å². The number of aryl methyl sites for hydroxylation is 2. The SMILES string of the molecule is COc1cc(OCCOc2ccccc2)c2cnc(-c3cc(C)nc(C)c3)nc2c1. The first-order valence-corrected chi connectivity index (χ1v) is 9.73. The maximum Gasteiger partial charge on any atom is 0.159 e. The van der Waals surface area contributed by atoms with E-state index >= 15 is 0 Å². The van der Waals surface area contributed by atoms with E-state index in [4.69, 9.17) is 19.2 Å². The van der Waals surface area contributed by atoms with Crippen LogP contribution in [-0.4, -0.2) is 35.3 Å². The molecule has 0 fully saturated rings. The van der Waals surface area contributed by atoms with Crippen molar-refractivity contribution >= 4 is 10.9 Å². The van der Waals surface area contributed by atoms with Crippen LogP contribution in [0, 0.1) is 13.8 Å². The lowest BCUT2D eigenvalue weighted by atomic mass is 10.1. The van der Waals surface area contributed by atoms with Crippen LogP contribution in [0.15, 0.2) is 60.8 Å². The summed E-state index contributed by atoms with van der Waals surface area (Å²) in [6.45, 7) is 4.74. The van der Waals surface area contributed by atoms with Crippen LogP contribution < -0.4 is 14.2 Å². The minimum Gasteiger partial charge on any atom is -0.497 e. The van der Waals surface area contributed by atoms with E-state index in [1.807, 2.05) is 68.4 Å².